The summed E-state index contributed by atoms with van der Waals surface area (Å²) in [6.45, 7) is 3.51. The van der Waals surface area contributed by atoms with Crippen molar-refractivity contribution in [1.29, 1.82) is 0 Å². The Balaban J connectivity index is 2.00. The molecule has 0 spiro atoms. The molecular weight excluding hydrogens is 238 g/mol. The summed E-state index contributed by atoms with van der Waals surface area (Å²) >= 11 is 0. The van der Waals surface area contributed by atoms with Gasteiger partial charge in [-0.2, -0.15) is 0 Å². The molecule has 1 N–H and O–H groups in total. The number of hydrogen-bond donors (Lipinski definition) is 1. The first-order valence-corrected chi connectivity index (χ1v) is 6.07. The largest absolute Gasteiger partial charge is 0.324 e. The van der Waals surface area contributed by atoms with Gasteiger partial charge in [-0.15, -0.1) is 0 Å². The number of likely N-dealkylation sites (tertiary alicyclic amines) is 1. The first kappa shape index (κ1) is 12.8. The Kier molecular flexibility index (Phi) is 3.79. The van der Waals surface area contributed by atoms with Crippen LogP contribution < -0.4 is 5.32 Å². The van der Waals surface area contributed by atoms with E-state index in [2.05, 4.69) is 12.2 Å². The zero-order valence-corrected chi connectivity index (χ0v) is 10.2. The van der Waals surface area contributed by atoms with Crippen LogP contribution in [-0.4, -0.2) is 24.0 Å². The highest BCUT2D eigenvalue weighted by atomic mass is 19.2. The number of nitrogens with zero attached hydrogens (tertiary/aromatic N) is 1. The van der Waals surface area contributed by atoms with E-state index in [1.165, 1.54) is 6.07 Å². The minimum absolute atomic E-state index is 0.257. The van der Waals surface area contributed by atoms with Crippen LogP contribution in [0.15, 0.2) is 18.2 Å². The van der Waals surface area contributed by atoms with E-state index in [4.69, 9.17) is 0 Å². The Morgan fingerprint density at radius 1 is 1.39 bits per heavy atom. The fourth-order valence-electron chi connectivity index (χ4n) is 2.15. The molecule has 2 rings (SSSR count). The molecule has 1 aromatic rings. The minimum Gasteiger partial charge on any atom is -0.324 e. The Morgan fingerprint density at radius 3 is 2.83 bits per heavy atom. The first-order chi connectivity index (χ1) is 8.56. The lowest BCUT2D eigenvalue weighted by molar-refractivity contribution is 0.182. The van der Waals surface area contributed by atoms with E-state index in [0.717, 1.165) is 25.0 Å². The molecule has 0 aromatic heterocycles. The Bertz CT molecular complexity index is 451. The molecule has 1 heterocycles. The molecule has 0 aliphatic carbocycles. The van der Waals surface area contributed by atoms with Crippen molar-refractivity contribution in [2.24, 2.45) is 5.92 Å². The van der Waals surface area contributed by atoms with Gasteiger partial charge in [-0.25, -0.2) is 13.6 Å². The predicted molar refractivity (Wildman–Crippen MR) is 65.3 cm³/mol. The smallest absolute Gasteiger partial charge is 0.321 e. The number of urea groups is 1. The number of carbonyl (C=O) groups is 1. The van der Waals surface area contributed by atoms with E-state index in [9.17, 15) is 13.6 Å². The van der Waals surface area contributed by atoms with E-state index in [1.54, 1.807) is 4.90 Å². The molecule has 98 valence electrons. The minimum atomic E-state index is -0.959. The third-order valence-corrected chi connectivity index (χ3v) is 3.12. The van der Waals surface area contributed by atoms with Crippen molar-refractivity contribution in [2.45, 2.75) is 19.8 Å². The maximum atomic E-state index is 13.0. The van der Waals surface area contributed by atoms with Crippen molar-refractivity contribution in [2.75, 3.05) is 18.4 Å². The van der Waals surface area contributed by atoms with E-state index < -0.39 is 11.6 Å². The van der Waals surface area contributed by atoms with Crippen LogP contribution in [0.5, 0.6) is 0 Å². The lowest BCUT2D eigenvalue weighted by atomic mass is 10.0. The van der Waals surface area contributed by atoms with Gasteiger partial charge in [0.1, 0.15) is 0 Å². The SMILES string of the molecule is CC1CCCN(C(=O)Nc2ccc(F)c(F)c2)C1. The van der Waals surface area contributed by atoms with Gasteiger partial charge in [-0.1, -0.05) is 6.92 Å². The number of rotatable bonds is 1. The van der Waals surface area contributed by atoms with E-state index in [0.29, 0.717) is 19.0 Å². The van der Waals surface area contributed by atoms with Crippen molar-refractivity contribution >= 4 is 11.7 Å². The fraction of sp³-hybridized carbons (Fsp3) is 0.462. The summed E-state index contributed by atoms with van der Waals surface area (Å²) in [6.07, 6.45) is 2.10. The molecule has 2 amide bonds. The molecule has 1 fully saturated rings. The molecule has 1 aromatic carbocycles. The summed E-state index contributed by atoms with van der Waals surface area (Å²) < 4.78 is 25.7. The standard InChI is InChI=1S/C13H16F2N2O/c1-9-3-2-6-17(8-9)13(18)16-10-4-5-11(14)12(15)7-10/h4-5,7,9H,2-3,6,8H2,1H3,(H,16,18). The Hall–Kier alpha value is -1.65. The number of carbonyl (C=O) groups excluding carboxylic acids is 1. The van der Waals surface area contributed by atoms with Gasteiger partial charge in [0.15, 0.2) is 11.6 Å². The van der Waals surface area contributed by atoms with Gasteiger partial charge in [0.2, 0.25) is 0 Å². The highest BCUT2D eigenvalue weighted by Gasteiger charge is 2.21. The molecule has 0 radical (unpaired) electrons. The quantitative estimate of drug-likeness (QED) is 0.820. The average Bonchev–Trinajstić information content (AvgIpc) is 2.34. The lowest BCUT2D eigenvalue weighted by Gasteiger charge is -2.30. The zero-order chi connectivity index (χ0) is 13.1. The Morgan fingerprint density at radius 2 is 2.17 bits per heavy atom. The molecule has 5 heteroatoms. The molecular formula is C13H16F2N2O. The molecule has 3 nitrogen and oxygen atoms in total. The van der Waals surface area contributed by atoms with Crippen LogP contribution in [0.4, 0.5) is 19.3 Å². The molecule has 0 bridgehead atoms. The summed E-state index contributed by atoms with van der Waals surface area (Å²) in [5, 5.41) is 2.58. The summed E-state index contributed by atoms with van der Waals surface area (Å²) in [5.41, 5.74) is 0.275. The van der Waals surface area contributed by atoms with E-state index in [-0.39, 0.29) is 11.7 Å². The maximum Gasteiger partial charge on any atom is 0.321 e. The molecule has 1 aliphatic rings. The van der Waals surface area contributed by atoms with Crippen LogP contribution in [0, 0.1) is 17.6 Å². The summed E-state index contributed by atoms with van der Waals surface area (Å²) in [5.74, 6) is -1.39. The lowest BCUT2D eigenvalue weighted by Crippen LogP contribution is -2.41. The molecule has 0 saturated carbocycles. The molecule has 1 aliphatic heterocycles. The van der Waals surface area contributed by atoms with Crippen LogP contribution in [0.25, 0.3) is 0 Å². The maximum absolute atomic E-state index is 13.0. The van der Waals surface area contributed by atoms with E-state index >= 15 is 0 Å². The van der Waals surface area contributed by atoms with Crippen LogP contribution >= 0.6 is 0 Å². The third-order valence-electron chi connectivity index (χ3n) is 3.12. The molecule has 1 atom stereocenters. The number of amides is 2. The second-order valence-electron chi connectivity index (χ2n) is 4.75. The Labute approximate surface area is 105 Å². The van der Waals surface area contributed by atoms with Gasteiger partial charge in [-0.05, 0) is 30.9 Å². The monoisotopic (exact) mass is 254 g/mol. The van der Waals surface area contributed by atoms with Crippen LogP contribution in [0.3, 0.4) is 0 Å². The van der Waals surface area contributed by atoms with Gasteiger partial charge in [-0.3, -0.25) is 0 Å². The van der Waals surface area contributed by atoms with Crippen LogP contribution in [-0.2, 0) is 0 Å². The van der Waals surface area contributed by atoms with Crippen molar-refractivity contribution in [3.8, 4) is 0 Å². The summed E-state index contributed by atoms with van der Waals surface area (Å²) in [7, 11) is 0. The van der Waals surface area contributed by atoms with E-state index in [1.807, 2.05) is 0 Å². The number of benzene rings is 1. The van der Waals surface area contributed by atoms with Gasteiger partial charge in [0.25, 0.3) is 0 Å². The van der Waals surface area contributed by atoms with Crippen molar-refractivity contribution < 1.29 is 13.6 Å². The van der Waals surface area contributed by atoms with Gasteiger partial charge < -0.3 is 10.2 Å². The van der Waals surface area contributed by atoms with Crippen molar-refractivity contribution in [3.63, 3.8) is 0 Å². The highest BCUT2D eigenvalue weighted by Crippen LogP contribution is 2.18. The number of piperidine rings is 1. The van der Waals surface area contributed by atoms with Crippen LogP contribution in [0.1, 0.15) is 19.8 Å². The summed E-state index contributed by atoms with van der Waals surface area (Å²) in [6, 6.07) is 3.08. The van der Waals surface area contributed by atoms with Gasteiger partial charge in [0, 0.05) is 24.8 Å². The topological polar surface area (TPSA) is 32.3 Å². The molecule has 1 saturated heterocycles. The highest BCUT2D eigenvalue weighted by molar-refractivity contribution is 5.89. The molecule has 18 heavy (non-hydrogen) atoms. The predicted octanol–water partition coefficient (Wildman–Crippen LogP) is 3.23. The van der Waals surface area contributed by atoms with Gasteiger partial charge in [0.05, 0.1) is 0 Å². The third kappa shape index (κ3) is 2.97. The fourth-order valence-corrected chi connectivity index (χ4v) is 2.15. The summed E-state index contributed by atoms with van der Waals surface area (Å²) in [4.78, 5) is 13.6. The number of nitrogens with one attached hydrogen (secondary N) is 1. The average molecular weight is 254 g/mol. The molecule has 1 unspecified atom stereocenters. The second-order valence-corrected chi connectivity index (χ2v) is 4.75. The van der Waals surface area contributed by atoms with Crippen molar-refractivity contribution in [3.05, 3.63) is 29.8 Å². The van der Waals surface area contributed by atoms with Crippen LogP contribution in [0.2, 0.25) is 0 Å². The zero-order valence-electron chi connectivity index (χ0n) is 10.2. The first-order valence-electron chi connectivity index (χ1n) is 6.07. The number of hydrogen-bond acceptors (Lipinski definition) is 1. The normalized spacial score (nSPS) is 19.7. The van der Waals surface area contributed by atoms with Crippen molar-refractivity contribution in [1.82, 2.24) is 4.90 Å². The number of halogens is 2. The second kappa shape index (κ2) is 5.33. The number of anilines is 1. The van der Waals surface area contributed by atoms with Gasteiger partial charge >= 0.3 is 6.03 Å².